The molecule has 4 nitrogen and oxygen atoms in total. The lowest BCUT2D eigenvalue weighted by Gasteiger charge is -2.11. The quantitative estimate of drug-likeness (QED) is 0.712. The fourth-order valence-corrected chi connectivity index (χ4v) is 5.00. The summed E-state index contributed by atoms with van der Waals surface area (Å²) in [5, 5.41) is 4.25. The fourth-order valence-electron chi connectivity index (χ4n) is 3.22. The van der Waals surface area contributed by atoms with Crippen LogP contribution in [0, 0.1) is 0 Å². The molecule has 3 aromatic rings. The molecule has 0 spiro atoms. The number of hydrogen-bond donors (Lipinski definition) is 1. The van der Waals surface area contributed by atoms with Crippen molar-refractivity contribution in [2.45, 2.75) is 17.7 Å². The third-order valence-electron chi connectivity index (χ3n) is 4.49. The van der Waals surface area contributed by atoms with Crippen molar-refractivity contribution in [3.05, 3.63) is 64.3 Å². The lowest BCUT2D eigenvalue weighted by molar-refractivity contribution is 0.589. The molecule has 2 heterocycles. The van der Waals surface area contributed by atoms with E-state index in [9.17, 15) is 8.42 Å². The van der Waals surface area contributed by atoms with Gasteiger partial charge in [0.15, 0.2) is 0 Å². The highest BCUT2D eigenvalue weighted by molar-refractivity contribution is 9.10. The Morgan fingerprint density at radius 3 is 2.58 bits per heavy atom. The van der Waals surface area contributed by atoms with Crippen LogP contribution in [0.3, 0.4) is 0 Å². The van der Waals surface area contributed by atoms with Crippen LogP contribution in [-0.2, 0) is 22.9 Å². The topological polar surface area (TPSA) is 51.1 Å². The third-order valence-corrected chi connectivity index (χ3v) is 6.67. The zero-order valence-electron chi connectivity index (χ0n) is 13.0. The Morgan fingerprint density at radius 2 is 1.75 bits per heavy atom. The van der Waals surface area contributed by atoms with Gasteiger partial charge in [0.2, 0.25) is 0 Å². The number of benzene rings is 2. The van der Waals surface area contributed by atoms with Gasteiger partial charge in [-0.3, -0.25) is 0 Å². The van der Waals surface area contributed by atoms with Crippen molar-refractivity contribution >= 4 is 36.9 Å². The molecule has 0 atom stereocenters. The first-order chi connectivity index (χ1) is 11.6. The third kappa shape index (κ3) is 2.68. The first-order valence-corrected chi connectivity index (χ1v) is 10.1. The maximum Gasteiger partial charge on any atom is 0.268 e. The highest BCUT2D eigenvalue weighted by Gasteiger charge is 2.20. The second-order valence-electron chi connectivity index (χ2n) is 6.00. The number of halogens is 1. The molecule has 24 heavy (non-hydrogen) atoms. The van der Waals surface area contributed by atoms with Crippen LogP contribution in [0.5, 0.6) is 0 Å². The van der Waals surface area contributed by atoms with Crippen molar-refractivity contribution in [1.29, 1.82) is 0 Å². The van der Waals surface area contributed by atoms with Crippen LogP contribution in [-0.4, -0.2) is 25.5 Å². The molecule has 0 saturated heterocycles. The molecule has 1 aromatic heterocycles. The molecule has 0 bridgehead atoms. The number of hydrogen-bond acceptors (Lipinski definition) is 3. The number of aromatic nitrogens is 1. The highest BCUT2D eigenvalue weighted by atomic mass is 79.9. The van der Waals surface area contributed by atoms with E-state index in [1.165, 1.54) is 9.54 Å². The molecule has 0 fully saturated rings. The minimum atomic E-state index is -3.60. The Hall–Kier alpha value is -1.63. The molecule has 0 saturated carbocycles. The summed E-state index contributed by atoms with van der Waals surface area (Å²) in [5.74, 6) is 0. The van der Waals surface area contributed by atoms with Crippen LogP contribution in [0.4, 0.5) is 0 Å². The lowest BCUT2D eigenvalue weighted by Crippen LogP contribution is -2.16. The number of nitrogens with zero attached hydrogens (tertiary/aromatic N) is 1. The molecule has 0 radical (unpaired) electrons. The molecule has 6 heteroatoms. The van der Waals surface area contributed by atoms with Crippen molar-refractivity contribution in [2.24, 2.45) is 0 Å². The molecular weight excluding hydrogens is 388 g/mol. The van der Waals surface area contributed by atoms with Gasteiger partial charge in [-0.15, -0.1) is 0 Å². The van der Waals surface area contributed by atoms with Crippen LogP contribution >= 0.6 is 15.9 Å². The predicted octanol–water partition coefficient (Wildman–Crippen LogP) is 3.33. The molecule has 1 aliphatic heterocycles. The summed E-state index contributed by atoms with van der Waals surface area (Å²) >= 11 is 3.42. The molecule has 0 amide bonds. The normalized spacial score (nSPS) is 15.2. The van der Waals surface area contributed by atoms with E-state index in [-0.39, 0.29) is 0 Å². The van der Waals surface area contributed by atoms with Crippen LogP contribution in [0.15, 0.2) is 58.0 Å². The Kier molecular flexibility index (Phi) is 3.98. The summed E-state index contributed by atoms with van der Waals surface area (Å²) in [6, 6.07) is 12.9. The van der Waals surface area contributed by atoms with Gasteiger partial charge in [0.1, 0.15) is 0 Å². The first kappa shape index (κ1) is 15.9. The average molecular weight is 405 g/mol. The molecule has 124 valence electrons. The average Bonchev–Trinajstić information content (AvgIpc) is 2.84. The van der Waals surface area contributed by atoms with Crippen LogP contribution in [0.1, 0.15) is 11.1 Å². The minimum Gasteiger partial charge on any atom is -0.316 e. The summed E-state index contributed by atoms with van der Waals surface area (Å²) in [6.07, 6.45) is 3.42. The van der Waals surface area contributed by atoms with E-state index in [4.69, 9.17) is 0 Å². The summed E-state index contributed by atoms with van der Waals surface area (Å²) in [7, 11) is -3.60. The summed E-state index contributed by atoms with van der Waals surface area (Å²) < 4.78 is 28.5. The highest BCUT2D eigenvalue weighted by Crippen LogP contribution is 2.26. The van der Waals surface area contributed by atoms with Gasteiger partial charge in [-0.1, -0.05) is 22.0 Å². The van der Waals surface area contributed by atoms with Crippen molar-refractivity contribution in [3.8, 4) is 0 Å². The Balaban J connectivity index is 1.83. The fraction of sp³-hybridized carbons (Fsp3) is 0.222. The molecule has 1 aliphatic rings. The molecule has 0 unspecified atom stereocenters. The monoisotopic (exact) mass is 404 g/mol. The Labute approximate surface area is 149 Å². The Morgan fingerprint density at radius 1 is 0.958 bits per heavy atom. The van der Waals surface area contributed by atoms with Gasteiger partial charge >= 0.3 is 0 Å². The second-order valence-corrected chi connectivity index (χ2v) is 8.73. The van der Waals surface area contributed by atoms with E-state index in [1.54, 1.807) is 12.3 Å². The van der Waals surface area contributed by atoms with Crippen molar-refractivity contribution in [3.63, 3.8) is 0 Å². The lowest BCUT2D eigenvalue weighted by atomic mass is 10.0. The van der Waals surface area contributed by atoms with Crippen molar-refractivity contribution in [1.82, 2.24) is 9.29 Å². The molecule has 2 aromatic carbocycles. The van der Waals surface area contributed by atoms with E-state index in [0.717, 1.165) is 41.4 Å². The van der Waals surface area contributed by atoms with Gasteiger partial charge in [-0.05, 0) is 73.5 Å². The largest absolute Gasteiger partial charge is 0.316 e. The van der Waals surface area contributed by atoms with Crippen LogP contribution < -0.4 is 5.32 Å². The van der Waals surface area contributed by atoms with Gasteiger partial charge in [-0.2, -0.15) is 0 Å². The van der Waals surface area contributed by atoms with E-state index < -0.39 is 10.0 Å². The van der Waals surface area contributed by atoms with Crippen molar-refractivity contribution < 1.29 is 8.42 Å². The predicted molar refractivity (Wildman–Crippen MR) is 98.9 cm³/mol. The minimum absolute atomic E-state index is 0.351. The summed E-state index contributed by atoms with van der Waals surface area (Å²) in [4.78, 5) is 0.351. The van der Waals surface area contributed by atoms with E-state index in [2.05, 4.69) is 21.2 Å². The zero-order valence-corrected chi connectivity index (χ0v) is 15.4. The number of nitrogens with one attached hydrogen (secondary N) is 1. The van der Waals surface area contributed by atoms with Gasteiger partial charge < -0.3 is 5.32 Å². The summed E-state index contributed by atoms with van der Waals surface area (Å²) in [6.45, 7) is 1.83. The smallest absolute Gasteiger partial charge is 0.268 e. The Bertz CT molecular complexity index is 1020. The SMILES string of the molecule is O=S(=O)(c1ccc2c(c1)CCNCC2)n1ccc2cc(Br)ccc21. The van der Waals surface area contributed by atoms with Gasteiger partial charge in [-0.25, -0.2) is 12.4 Å². The van der Waals surface area contributed by atoms with E-state index >= 15 is 0 Å². The van der Waals surface area contributed by atoms with Gasteiger partial charge in [0.05, 0.1) is 10.4 Å². The van der Waals surface area contributed by atoms with Crippen molar-refractivity contribution in [2.75, 3.05) is 13.1 Å². The van der Waals surface area contributed by atoms with E-state index in [0.29, 0.717) is 10.4 Å². The maximum absolute atomic E-state index is 13.1. The zero-order chi connectivity index (χ0) is 16.7. The summed E-state index contributed by atoms with van der Waals surface area (Å²) in [5.41, 5.74) is 3.05. The second kappa shape index (κ2) is 6.02. The first-order valence-electron chi connectivity index (χ1n) is 7.90. The molecule has 1 N–H and O–H groups in total. The van der Waals surface area contributed by atoms with Gasteiger partial charge in [0.25, 0.3) is 10.0 Å². The van der Waals surface area contributed by atoms with Crippen LogP contribution in [0.2, 0.25) is 0 Å². The van der Waals surface area contributed by atoms with E-state index in [1.807, 2.05) is 36.4 Å². The number of fused-ring (bicyclic) bond motifs is 2. The standard InChI is InChI=1S/C18H17BrN2O2S/c19-16-2-4-18-15(11-16)7-10-21(18)24(22,23)17-3-1-13-5-8-20-9-6-14(13)12-17/h1-4,7,10-12,20H,5-6,8-9H2. The van der Waals surface area contributed by atoms with Crippen LogP contribution in [0.25, 0.3) is 10.9 Å². The molecular formula is C18H17BrN2O2S. The maximum atomic E-state index is 13.1. The van der Waals surface area contributed by atoms with Gasteiger partial charge in [0, 0.05) is 16.1 Å². The molecule has 0 aliphatic carbocycles. The number of rotatable bonds is 2. The molecule has 4 rings (SSSR count).